The molecule has 0 bridgehead atoms. The molecule has 0 atom stereocenters. The lowest BCUT2D eigenvalue weighted by molar-refractivity contribution is -0.131. The summed E-state index contributed by atoms with van der Waals surface area (Å²) in [5, 5.41) is 13.8. The first-order valence-electron chi connectivity index (χ1n) is 7.61. The third kappa shape index (κ3) is 4.47. The lowest BCUT2D eigenvalue weighted by Gasteiger charge is -2.36. The maximum atomic E-state index is 12.8. The Kier molecular flexibility index (Phi) is 8.15. The summed E-state index contributed by atoms with van der Waals surface area (Å²) in [6, 6.07) is 1.87. The number of nitrogens with one attached hydrogen (secondary N) is 2. The molecule has 0 aromatic carbocycles. The summed E-state index contributed by atoms with van der Waals surface area (Å²) < 4.78 is 1.82. The minimum absolute atomic E-state index is 0. The molecule has 0 spiro atoms. The van der Waals surface area contributed by atoms with Crippen molar-refractivity contribution in [2.75, 3.05) is 19.6 Å². The Hall–Kier alpha value is -1.15. The Morgan fingerprint density at radius 3 is 2.75 bits per heavy atom. The zero-order valence-corrected chi connectivity index (χ0v) is 16.0. The molecule has 1 saturated heterocycles. The van der Waals surface area contributed by atoms with Gasteiger partial charge in [-0.1, -0.05) is 0 Å². The van der Waals surface area contributed by atoms with E-state index in [0.717, 1.165) is 43.1 Å². The van der Waals surface area contributed by atoms with Crippen molar-refractivity contribution in [1.29, 1.82) is 0 Å². The molecule has 0 saturated carbocycles. The highest BCUT2D eigenvalue weighted by Crippen LogP contribution is 2.27. The molecule has 0 radical (unpaired) electrons. The van der Waals surface area contributed by atoms with Gasteiger partial charge < -0.3 is 10.6 Å². The average Bonchev–Trinajstić information content (AvgIpc) is 3.20. The van der Waals surface area contributed by atoms with E-state index in [0.29, 0.717) is 6.54 Å². The van der Waals surface area contributed by atoms with Crippen LogP contribution in [0.15, 0.2) is 23.8 Å². The van der Waals surface area contributed by atoms with E-state index in [2.05, 4.69) is 26.1 Å². The predicted octanol–water partition coefficient (Wildman–Crippen LogP) is 1.93. The van der Waals surface area contributed by atoms with Crippen LogP contribution in [0.2, 0.25) is 0 Å². The van der Waals surface area contributed by atoms with Gasteiger partial charge in [0.25, 0.3) is 0 Å². The van der Waals surface area contributed by atoms with E-state index in [4.69, 9.17) is 0 Å². The van der Waals surface area contributed by atoms with Gasteiger partial charge in [0.15, 0.2) is 0 Å². The lowest BCUT2D eigenvalue weighted by atomic mass is 9.87. The molecule has 1 fully saturated rings. The van der Waals surface area contributed by atoms with Crippen LogP contribution in [0.3, 0.4) is 0 Å². The monoisotopic (exact) mass is 391 g/mol. The van der Waals surface area contributed by atoms with Crippen molar-refractivity contribution in [3.63, 3.8) is 0 Å². The van der Waals surface area contributed by atoms with Gasteiger partial charge in [-0.25, -0.2) is 4.98 Å². The van der Waals surface area contributed by atoms with Crippen LogP contribution in [-0.4, -0.2) is 40.3 Å². The molecule has 0 aliphatic carbocycles. The Labute approximate surface area is 158 Å². The van der Waals surface area contributed by atoms with Gasteiger partial charge in [0.1, 0.15) is 5.54 Å². The third-order valence-electron chi connectivity index (χ3n) is 4.13. The summed E-state index contributed by atoms with van der Waals surface area (Å²) in [5.41, 5.74) is 0.480. The summed E-state index contributed by atoms with van der Waals surface area (Å²) in [7, 11) is 0. The molecule has 3 heterocycles. The van der Waals surface area contributed by atoms with E-state index in [1.807, 2.05) is 23.9 Å². The molecule has 24 heavy (non-hydrogen) atoms. The van der Waals surface area contributed by atoms with Gasteiger partial charge in [-0.15, -0.1) is 36.2 Å². The molecule has 134 valence electrons. The van der Waals surface area contributed by atoms with E-state index >= 15 is 0 Å². The van der Waals surface area contributed by atoms with Crippen LogP contribution in [0.4, 0.5) is 0 Å². The van der Waals surface area contributed by atoms with Gasteiger partial charge in [0.05, 0.1) is 10.7 Å². The molecular formula is C15H23Cl2N5OS. The number of amides is 1. The highest BCUT2D eigenvalue weighted by Gasteiger charge is 2.41. The Morgan fingerprint density at radius 1 is 1.42 bits per heavy atom. The molecule has 1 aliphatic rings. The van der Waals surface area contributed by atoms with Crippen molar-refractivity contribution < 1.29 is 4.79 Å². The Bertz CT molecular complexity index is 626. The first-order valence-corrected chi connectivity index (χ1v) is 8.49. The van der Waals surface area contributed by atoms with Crippen LogP contribution >= 0.6 is 36.2 Å². The highest BCUT2D eigenvalue weighted by molar-refractivity contribution is 7.09. The number of carbonyl (C=O) groups is 1. The van der Waals surface area contributed by atoms with Crippen LogP contribution in [0, 0.1) is 6.92 Å². The van der Waals surface area contributed by atoms with Crippen molar-refractivity contribution in [3.8, 4) is 0 Å². The molecule has 9 heteroatoms. The highest BCUT2D eigenvalue weighted by atomic mass is 35.5. The van der Waals surface area contributed by atoms with Crippen molar-refractivity contribution in [1.82, 2.24) is 25.4 Å². The standard InChI is InChI=1S/C15H21N5OS.2ClH/c1-12-19-13(11-22-12)3-7-17-14(21)15(4-8-16-9-5-15)20-10-2-6-18-20;;/h2,6,10-11,16H,3-5,7-9H2,1H3,(H,17,21);2*1H. The van der Waals surface area contributed by atoms with E-state index in [1.54, 1.807) is 17.5 Å². The topological polar surface area (TPSA) is 71.8 Å². The van der Waals surface area contributed by atoms with Gasteiger partial charge in [-0.05, 0) is 38.9 Å². The van der Waals surface area contributed by atoms with Gasteiger partial charge >= 0.3 is 0 Å². The van der Waals surface area contributed by atoms with Gasteiger partial charge in [0.2, 0.25) is 5.91 Å². The molecule has 3 rings (SSSR count). The zero-order valence-electron chi connectivity index (χ0n) is 13.5. The summed E-state index contributed by atoms with van der Waals surface area (Å²) in [6.07, 6.45) is 5.90. The maximum absolute atomic E-state index is 12.8. The SMILES string of the molecule is Cc1nc(CCNC(=O)C2(n3cccn3)CCNCC2)cs1.Cl.Cl. The number of nitrogens with zero attached hydrogens (tertiary/aromatic N) is 3. The molecule has 1 amide bonds. The number of hydrogen-bond donors (Lipinski definition) is 2. The minimum atomic E-state index is -0.563. The van der Waals surface area contributed by atoms with Crippen molar-refractivity contribution >= 4 is 42.1 Å². The smallest absolute Gasteiger partial charge is 0.248 e. The van der Waals surface area contributed by atoms with Gasteiger partial charge in [0, 0.05) is 30.7 Å². The second-order valence-corrected chi connectivity index (χ2v) is 6.66. The molecule has 6 nitrogen and oxygen atoms in total. The summed E-state index contributed by atoms with van der Waals surface area (Å²) >= 11 is 1.64. The number of carbonyl (C=O) groups excluding carboxylic acids is 1. The number of piperidine rings is 1. The first-order chi connectivity index (χ1) is 10.7. The summed E-state index contributed by atoms with van der Waals surface area (Å²) in [4.78, 5) is 17.2. The number of thiazole rings is 1. The van der Waals surface area contributed by atoms with Crippen molar-refractivity contribution in [2.45, 2.75) is 31.7 Å². The van der Waals surface area contributed by atoms with Crippen LogP contribution in [-0.2, 0) is 16.8 Å². The van der Waals surface area contributed by atoms with Gasteiger partial charge in [-0.3, -0.25) is 9.48 Å². The third-order valence-corrected chi connectivity index (χ3v) is 4.95. The number of hydrogen-bond acceptors (Lipinski definition) is 5. The normalized spacial score (nSPS) is 15.9. The van der Waals surface area contributed by atoms with E-state index in [-0.39, 0.29) is 30.7 Å². The lowest BCUT2D eigenvalue weighted by Crippen LogP contribution is -2.54. The fraction of sp³-hybridized carbons (Fsp3) is 0.533. The number of halogens is 2. The molecule has 2 aromatic rings. The number of aryl methyl sites for hydroxylation is 1. The predicted molar refractivity (Wildman–Crippen MR) is 100 cm³/mol. The Balaban J connectivity index is 0.00000144. The summed E-state index contributed by atoms with van der Waals surface area (Å²) in [6.45, 7) is 4.27. The molecular weight excluding hydrogens is 369 g/mol. The quantitative estimate of drug-likeness (QED) is 0.816. The molecule has 0 unspecified atom stereocenters. The number of rotatable bonds is 5. The zero-order chi connectivity index (χ0) is 15.4. The fourth-order valence-electron chi connectivity index (χ4n) is 2.91. The summed E-state index contributed by atoms with van der Waals surface area (Å²) in [5.74, 6) is 0.0599. The Morgan fingerprint density at radius 2 is 2.17 bits per heavy atom. The fourth-order valence-corrected chi connectivity index (χ4v) is 3.56. The van der Waals surface area contributed by atoms with E-state index in [1.165, 1.54) is 0 Å². The van der Waals surface area contributed by atoms with Crippen LogP contribution in [0.5, 0.6) is 0 Å². The van der Waals surface area contributed by atoms with Crippen LogP contribution in [0.1, 0.15) is 23.5 Å². The van der Waals surface area contributed by atoms with Crippen LogP contribution in [0.25, 0.3) is 0 Å². The van der Waals surface area contributed by atoms with Crippen molar-refractivity contribution in [2.24, 2.45) is 0 Å². The number of aromatic nitrogens is 3. The molecule has 2 aromatic heterocycles. The second kappa shape index (κ2) is 9.36. The molecule has 2 N–H and O–H groups in total. The van der Waals surface area contributed by atoms with Gasteiger partial charge in [-0.2, -0.15) is 5.10 Å². The van der Waals surface area contributed by atoms with Crippen LogP contribution < -0.4 is 10.6 Å². The second-order valence-electron chi connectivity index (χ2n) is 5.60. The first kappa shape index (κ1) is 20.9. The largest absolute Gasteiger partial charge is 0.354 e. The maximum Gasteiger partial charge on any atom is 0.248 e. The molecule has 1 aliphatic heterocycles. The van der Waals surface area contributed by atoms with Crippen molar-refractivity contribution in [3.05, 3.63) is 34.5 Å². The van der Waals surface area contributed by atoms with E-state index in [9.17, 15) is 4.79 Å². The van der Waals surface area contributed by atoms with E-state index < -0.39 is 5.54 Å². The average molecular weight is 392 g/mol. The minimum Gasteiger partial charge on any atom is -0.354 e.